The van der Waals surface area contributed by atoms with Crippen LogP contribution in [0.2, 0.25) is 0 Å². The maximum Gasteiger partial charge on any atom is 0.303 e. The first-order valence-electron chi connectivity index (χ1n) is 6.97. The highest BCUT2D eigenvalue weighted by Crippen LogP contribution is 2.13. The Bertz CT molecular complexity index is 465. The van der Waals surface area contributed by atoms with Crippen molar-refractivity contribution in [3.05, 3.63) is 29.8 Å². The van der Waals surface area contributed by atoms with E-state index < -0.39 is 5.97 Å². The summed E-state index contributed by atoms with van der Waals surface area (Å²) in [5, 5.41) is 14.8. The third-order valence-electron chi connectivity index (χ3n) is 3.46. The molecular weight excluding hydrogens is 256 g/mol. The zero-order valence-corrected chi connectivity index (χ0v) is 11.4. The molecule has 1 saturated heterocycles. The monoisotopic (exact) mass is 276 g/mol. The summed E-state index contributed by atoms with van der Waals surface area (Å²) < 4.78 is 0. The Kier molecular flexibility index (Phi) is 5.12. The first-order valence-corrected chi connectivity index (χ1v) is 6.97. The number of rotatable bonds is 6. The summed E-state index contributed by atoms with van der Waals surface area (Å²) in [5.74, 6) is -0.783. The lowest BCUT2D eigenvalue weighted by atomic mass is 10.1. The summed E-state index contributed by atoms with van der Waals surface area (Å²) in [6, 6.07) is 7.64. The van der Waals surface area contributed by atoms with E-state index in [2.05, 4.69) is 10.6 Å². The van der Waals surface area contributed by atoms with Crippen molar-refractivity contribution in [3.63, 3.8) is 0 Å². The van der Waals surface area contributed by atoms with Crippen molar-refractivity contribution in [3.8, 4) is 0 Å². The van der Waals surface area contributed by atoms with Crippen LogP contribution in [-0.2, 0) is 16.0 Å². The molecule has 0 aliphatic carbocycles. The molecule has 5 nitrogen and oxygen atoms in total. The Morgan fingerprint density at radius 2 is 2.05 bits per heavy atom. The molecule has 1 aromatic carbocycles. The van der Waals surface area contributed by atoms with Gasteiger partial charge in [-0.3, -0.25) is 9.59 Å². The minimum absolute atomic E-state index is 0.0164. The molecule has 1 amide bonds. The number of carbonyl (C=O) groups excluding carboxylic acids is 1. The van der Waals surface area contributed by atoms with Crippen molar-refractivity contribution in [1.29, 1.82) is 0 Å². The van der Waals surface area contributed by atoms with Crippen molar-refractivity contribution >= 4 is 17.6 Å². The Morgan fingerprint density at radius 1 is 1.30 bits per heavy atom. The number of carboxylic acid groups (broad SMARTS) is 1. The van der Waals surface area contributed by atoms with Gasteiger partial charge in [-0.25, -0.2) is 0 Å². The van der Waals surface area contributed by atoms with Crippen LogP contribution in [0.1, 0.15) is 31.2 Å². The Labute approximate surface area is 118 Å². The fourth-order valence-corrected chi connectivity index (χ4v) is 2.37. The minimum atomic E-state index is -0.800. The number of carbonyl (C=O) groups is 2. The minimum Gasteiger partial charge on any atom is -0.481 e. The van der Waals surface area contributed by atoms with E-state index in [0.717, 1.165) is 30.6 Å². The SMILES string of the molecule is O=C(O)CCc1ccc(NC(=O)CC2CCCN2)cc1. The average molecular weight is 276 g/mol. The molecule has 1 unspecified atom stereocenters. The van der Waals surface area contributed by atoms with Crippen molar-refractivity contribution in [2.75, 3.05) is 11.9 Å². The van der Waals surface area contributed by atoms with Crippen LogP contribution in [0.3, 0.4) is 0 Å². The number of hydrogen-bond acceptors (Lipinski definition) is 3. The number of nitrogens with one attached hydrogen (secondary N) is 2. The fourth-order valence-electron chi connectivity index (χ4n) is 2.37. The van der Waals surface area contributed by atoms with Gasteiger partial charge < -0.3 is 15.7 Å². The molecule has 2 rings (SSSR count). The molecule has 108 valence electrons. The third-order valence-corrected chi connectivity index (χ3v) is 3.46. The molecule has 0 bridgehead atoms. The van der Waals surface area contributed by atoms with Gasteiger partial charge in [0.15, 0.2) is 0 Å². The first-order chi connectivity index (χ1) is 9.63. The van der Waals surface area contributed by atoms with Gasteiger partial charge in [0.2, 0.25) is 5.91 Å². The molecule has 0 saturated carbocycles. The molecule has 1 atom stereocenters. The maximum atomic E-state index is 11.8. The quantitative estimate of drug-likeness (QED) is 0.740. The third kappa shape index (κ3) is 4.66. The van der Waals surface area contributed by atoms with Gasteiger partial charge in [0.05, 0.1) is 0 Å². The van der Waals surface area contributed by atoms with E-state index in [1.54, 1.807) is 0 Å². The van der Waals surface area contributed by atoms with Crippen molar-refractivity contribution in [2.24, 2.45) is 0 Å². The molecule has 1 heterocycles. The van der Waals surface area contributed by atoms with Gasteiger partial charge in [0.25, 0.3) is 0 Å². The van der Waals surface area contributed by atoms with Crippen LogP contribution in [-0.4, -0.2) is 29.6 Å². The number of aliphatic carboxylic acids is 1. The van der Waals surface area contributed by atoms with E-state index in [0.29, 0.717) is 18.9 Å². The van der Waals surface area contributed by atoms with Crippen LogP contribution in [0, 0.1) is 0 Å². The number of benzene rings is 1. The topological polar surface area (TPSA) is 78.4 Å². The molecule has 1 fully saturated rings. The Balaban J connectivity index is 1.80. The Hall–Kier alpha value is -1.88. The number of aryl methyl sites for hydroxylation is 1. The zero-order chi connectivity index (χ0) is 14.4. The second kappa shape index (κ2) is 7.05. The summed E-state index contributed by atoms with van der Waals surface area (Å²) in [6.07, 6.45) is 3.33. The number of carboxylic acids is 1. The van der Waals surface area contributed by atoms with Crippen LogP contribution in [0.5, 0.6) is 0 Å². The molecule has 3 N–H and O–H groups in total. The predicted molar refractivity (Wildman–Crippen MR) is 76.7 cm³/mol. The van der Waals surface area contributed by atoms with Gasteiger partial charge in [-0.1, -0.05) is 12.1 Å². The molecule has 5 heteroatoms. The van der Waals surface area contributed by atoms with Crippen molar-refractivity contribution in [1.82, 2.24) is 5.32 Å². The van der Waals surface area contributed by atoms with E-state index in [1.807, 2.05) is 24.3 Å². The summed E-state index contributed by atoms with van der Waals surface area (Å²) in [5.41, 5.74) is 1.72. The highest BCUT2D eigenvalue weighted by atomic mass is 16.4. The number of anilines is 1. The van der Waals surface area contributed by atoms with E-state index in [-0.39, 0.29) is 12.3 Å². The summed E-state index contributed by atoms with van der Waals surface area (Å²) >= 11 is 0. The van der Waals surface area contributed by atoms with Gasteiger partial charge in [-0.05, 0) is 43.5 Å². The largest absolute Gasteiger partial charge is 0.481 e. The Morgan fingerprint density at radius 3 is 2.65 bits per heavy atom. The van der Waals surface area contributed by atoms with Crippen LogP contribution < -0.4 is 10.6 Å². The molecule has 1 aromatic rings. The summed E-state index contributed by atoms with van der Waals surface area (Å²) in [6.45, 7) is 0.996. The van der Waals surface area contributed by atoms with Gasteiger partial charge in [0.1, 0.15) is 0 Å². The van der Waals surface area contributed by atoms with Gasteiger partial charge in [-0.15, -0.1) is 0 Å². The number of amides is 1. The highest BCUT2D eigenvalue weighted by molar-refractivity contribution is 5.91. The first kappa shape index (κ1) is 14.5. The smallest absolute Gasteiger partial charge is 0.303 e. The van der Waals surface area contributed by atoms with Gasteiger partial charge >= 0.3 is 5.97 Å². The standard InChI is InChI=1S/C15H20N2O3/c18-14(10-13-2-1-9-16-13)17-12-6-3-11(4-7-12)5-8-15(19)20/h3-4,6-7,13,16H,1-2,5,8-10H2,(H,17,18)(H,19,20). The molecule has 1 aliphatic rings. The predicted octanol–water partition coefficient (Wildman–Crippen LogP) is 1.78. The van der Waals surface area contributed by atoms with Crippen molar-refractivity contribution in [2.45, 2.75) is 38.1 Å². The summed E-state index contributed by atoms with van der Waals surface area (Å²) in [7, 11) is 0. The second-order valence-electron chi connectivity index (χ2n) is 5.14. The lowest BCUT2D eigenvalue weighted by Crippen LogP contribution is -2.27. The van der Waals surface area contributed by atoms with Gasteiger partial charge in [-0.2, -0.15) is 0 Å². The maximum absolute atomic E-state index is 11.8. The average Bonchev–Trinajstić information content (AvgIpc) is 2.90. The fraction of sp³-hybridized carbons (Fsp3) is 0.467. The second-order valence-corrected chi connectivity index (χ2v) is 5.14. The van der Waals surface area contributed by atoms with Gasteiger partial charge in [0, 0.05) is 24.6 Å². The van der Waals surface area contributed by atoms with Crippen LogP contribution >= 0.6 is 0 Å². The van der Waals surface area contributed by atoms with Crippen molar-refractivity contribution < 1.29 is 14.7 Å². The molecule has 1 aliphatic heterocycles. The van der Waals surface area contributed by atoms with Crippen LogP contribution in [0.4, 0.5) is 5.69 Å². The van der Waals surface area contributed by atoms with E-state index in [4.69, 9.17) is 5.11 Å². The molecule has 0 aromatic heterocycles. The van der Waals surface area contributed by atoms with Crippen LogP contribution in [0.15, 0.2) is 24.3 Å². The highest BCUT2D eigenvalue weighted by Gasteiger charge is 2.17. The van der Waals surface area contributed by atoms with Crippen LogP contribution in [0.25, 0.3) is 0 Å². The molecular formula is C15H20N2O3. The molecule has 0 radical (unpaired) electrons. The summed E-state index contributed by atoms with van der Waals surface area (Å²) in [4.78, 5) is 22.3. The zero-order valence-electron chi connectivity index (χ0n) is 11.4. The lowest BCUT2D eigenvalue weighted by Gasteiger charge is -2.10. The van der Waals surface area contributed by atoms with E-state index in [9.17, 15) is 9.59 Å². The normalized spacial score (nSPS) is 17.9. The molecule has 20 heavy (non-hydrogen) atoms. The van der Waals surface area contributed by atoms with E-state index >= 15 is 0 Å². The lowest BCUT2D eigenvalue weighted by molar-refractivity contribution is -0.137. The van der Waals surface area contributed by atoms with E-state index in [1.165, 1.54) is 0 Å². The number of hydrogen-bond donors (Lipinski definition) is 3. The molecule has 0 spiro atoms.